The zero-order chi connectivity index (χ0) is 18.8. The molecule has 0 aromatic heterocycles. The molecule has 8 heteroatoms. The Morgan fingerprint density at radius 1 is 1.23 bits per heavy atom. The minimum atomic E-state index is -4.29. The van der Waals surface area contributed by atoms with Crippen molar-refractivity contribution >= 4 is 17.7 Å². The highest BCUT2D eigenvalue weighted by Crippen LogP contribution is 2.25. The normalized spacial score (nSPS) is 18.2. The molecule has 0 amide bonds. The van der Waals surface area contributed by atoms with E-state index in [2.05, 4.69) is 20.4 Å². The van der Waals surface area contributed by atoms with E-state index in [1.807, 2.05) is 30.8 Å². The highest BCUT2D eigenvalue weighted by molar-refractivity contribution is 8.00. The van der Waals surface area contributed by atoms with Crippen LogP contribution in [0.3, 0.4) is 0 Å². The second-order valence-corrected chi connectivity index (χ2v) is 7.54. The molecule has 26 heavy (non-hydrogen) atoms. The fraction of sp³-hybridized carbons (Fsp3) is 0.611. The summed E-state index contributed by atoms with van der Waals surface area (Å²) in [6.07, 6.45) is -1.76. The van der Waals surface area contributed by atoms with Crippen LogP contribution in [0.4, 0.5) is 13.2 Å². The summed E-state index contributed by atoms with van der Waals surface area (Å²) in [5.41, 5.74) is 1.71. The van der Waals surface area contributed by atoms with Crippen LogP contribution in [-0.2, 0) is 17.9 Å². The molecule has 2 N–H and O–H groups in total. The van der Waals surface area contributed by atoms with Gasteiger partial charge in [-0.1, -0.05) is 24.3 Å². The Labute approximate surface area is 157 Å². The van der Waals surface area contributed by atoms with Crippen LogP contribution in [0, 0.1) is 0 Å². The van der Waals surface area contributed by atoms with E-state index in [4.69, 9.17) is 0 Å². The third-order valence-corrected chi connectivity index (χ3v) is 5.24. The van der Waals surface area contributed by atoms with Crippen molar-refractivity contribution in [2.75, 3.05) is 25.4 Å². The standard InChI is InChI=1S/C18H26F3N3OS/c1-2-22-17(24-11-16-4-3-9-26-16)23-10-14-5-7-15(8-6-14)12-25-13-18(19,20)21/h5-8,16H,2-4,9-13H2,1H3,(H2,22,23,24). The van der Waals surface area contributed by atoms with Crippen molar-refractivity contribution in [3.63, 3.8) is 0 Å². The van der Waals surface area contributed by atoms with Gasteiger partial charge in [0.2, 0.25) is 0 Å². The third kappa shape index (κ3) is 8.31. The van der Waals surface area contributed by atoms with Crippen molar-refractivity contribution in [2.45, 2.75) is 44.3 Å². The van der Waals surface area contributed by atoms with Crippen LogP contribution in [0.5, 0.6) is 0 Å². The fourth-order valence-electron chi connectivity index (χ4n) is 2.55. The molecule has 1 atom stereocenters. The van der Waals surface area contributed by atoms with Gasteiger partial charge in [-0.2, -0.15) is 24.9 Å². The summed E-state index contributed by atoms with van der Waals surface area (Å²) in [5, 5.41) is 7.26. The van der Waals surface area contributed by atoms with E-state index in [9.17, 15) is 13.2 Å². The molecule has 1 unspecified atom stereocenters. The molecular formula is C18H26F3N3OS. The van der Waals surface area contributed by atoms with E-state index in [1.54, 1.807) is 12.1 Å². The van der Waals surface area contributed by atoms with Gasteiger partial charge in [0.1, 0.15) is 6.61 Å². The maximum Gasteiger partial charge on any atom is 0.411 e. The molecule has 146 valence electrons. The molecule has 1 aromatic rings. The number of hydrogen-bond acceptors (Lipinski definition) is 3. The van der Waals surface area contributed by atoms with E-state index >= 15 is 0 Å². The second-order valence-electron chi connectivity index (χ2n) is 6.14. The molecule has 0 radical (unpaired) electrons. The largest absolute Gasteiger partial charge is 0.411 e. The zero-order valence-corrected chi connectivity index (χ0v) is 15.8. The first-order valence-electron chi connectivity index (χ1n) is 8.82. The summed E-state index contributed by atoms with van der Waals surface area (Å²) in [6.45, 7) is 2.96. The van der Waals surface area contributed by atoms with Crippen molar-refractivity contribution in [3.05, 3.63) is 35.4 Å². The topological polar surface area (TPSA) is 45.7 Å². The first kappa shape index (κ1) is 20.9. The fourth-order valence-corrected chi connectivity index (χ4v) is 3.75. The molecule has 2 rings (SSSR count). The van der Waals surface area contributed by atoms with Crippen LogP contribution in [0.25, 0.3) is 0 Å². The zero-order valence-electron chi connectivity index (χ0n) is 14.9. The van der Waals surface area contributed by atoms with Gasteiger partial charge in [0.05, 0.1) is 13.2 Å². The lowest BCUT2D eigenvalue weighted by Gasteiger charge is -2.14. The summed E-state index contributed by atoms with van der Waals surface area (Å²) < 4.78 is 40.9. The Morgan fingerprint density at radius 3 is 2.58 bits per heavy atom. The van der Waals surface area contributed by atoms with E-state index < -0.39 is 12.8 Å². The number of benzene rings is 1. The average molecular weight is 389 g/mol. The van der Waals surface area contributed by atoms with Crippen LogP contribution in [-0.4, -0.2) is 42.8 Å². The summed E-state index contributed by atoms with van der Waals surface area (Å²) >= 11 is 2.00. The number of nitrogens with zero attached hydrogens (tertiary/aromatic N) is 1. The Kier molecular flexibility index (Phi) is 8.58. The van der Waals surface area contributed by atoms with E-state index in [1.165, 1.54) is 18.6 Å². The molecule has 4 nitrogen and oxygen atoms in total. The minimum absolute atomic E-state index is 0.0493. The number of thioether (sulfide) groups is 1. The number of rotatable bonds is 8. The van der Waals surface area contributed by atoms with Crippen molar-refractivity contribution in [1.29, 1.82) is 0 Å². The minimum Gasteiger partial charge on any atom is -0.367 e. The Bertz CT molecular complexity index is 558. The number of halogens is 3. The molecule has 0 aliphatic carbocycles. The van der Waals surface area contributed by atoms with Crippen LogP contribution < -0.4 is 10.6 Å². The maximum absolute atomic E-state index is 12.1. The summed E-state index contributed by atoms with van der Waals surface area (Å²) in [4.78, 5) is 4.57. The van der Waals surface area contributed by atoms with Crippen molar-refractivity contribution in [2.24, 2.45) is 4.99 Å². The quantitative estimate of drug-likeness (QED) is 0.526. The number of hydrogen-bond donors (Lipinski definition) is 2. The molecule has 1 heterocycles. The highest BCUT2D eigenvalue weighted by atomic mass is 32.2. The molecule has 1 aliphatic rings. The van der Waals surface area contributed by atoms with Crippen molar-refractivity contribution < 1.29 is 17.9 Å². The van der Waals surface area contributed by atoms with Gasteiger partial charge in [-0.05, 0) is 36.6 Å². The maximum atomic E-state index is 12.1. The smallest absolute Gasteiger partial charge is 0.367 e. The van der Waals surface area contributed by atoms with Gasteiger partial charge in [-0.25, -0.2) is 4.99 Å². The SMILES string of the molecule is CCNC(=NCc1ccc(COCC(F)(F)F)cc1)NCC1CCCS1. The number of ether oxygens (including phenoxy) is 1. The highest BCUT2D eigenvalue weighted by Gasteiger charge is 2.27. The third-order valence-electron chi connectivity index (χ3n) is 3.84. The van der Waals surface area contributed by atoms with Gasteiger partial charge in [-0.3, -0.25) is 0 Å². The molecule has 0 saturated carbocycles. The van der Waals surface area contributed by atoms with E-state index in [0.717, 1.165) is 24.6 Å². The number of nitrogens with one attached hydrogen (secondary N) is 2. The molecule has 1 aliphatic heterocycles. The van der Waals surface area contributed by atoms with Crippen LogP contribution in [0.15, 0.2) is 29.3 Å². The molecule has 1 saturated heterocycles. The predicted molar refractivity (Wildman–Crippen MR) is 100 cm³/mol. The number of alkyl halides is 3. The first-order chi connectivity index (χ1) is 12.5. The molecule has 1 fully saturated rings. The van der Waals surface area contributed by atoms with Crippen LogP contribution >= 0.6 is 11.8 Å². The summed E-state index contributed by atoms with van der Waals surface area (Å²) in [6, 6.07) is 7.28. The lowest BCUT2D eigenvalue weighted by atomic mass is 10.1. The van der Waals surface area contributed by atoms with Gasteiger partial charge in [-0.15, -0.1) is 0 Å². The van der Waals surface area contributed by atoms with Gasteiger partial charge in [0.15, 0.2) is 5.96 Å². The van der Waals surface area contributed by atoms with Crippen molar-refractivity contribution in [1.82, 2.24) is 10.6 Å². The molecular weight excluding hydrogens is 363 g/mol. The Hall–Kier alpha value is -1.41. The monoisotopic (exact) mass is 389 g/mol. The number of aliphatic imine (C=N–C) groups is 1. The van der Waals surface area contributed by atoms with Gasteiger partial charge < -0.3 is 15.4 Å². The van der Waals surface area contributed by atoms with Gasteiger partial charge in [0, 0.05) is 18.3 Å². The second kappa shape index (κ2) is 10.7. The lowest BCUT2D eigenvalue weighted by Crippen LogP contribution is -2.40. The van der Waals surface area contributed by atoms with E-state index in [-0.39, 0.29) is 6.61 Å². The molecule has 0 bridgehead atoms. The lowest BCUT2D eigenvalue weighted by molar-refractivity contribution is -0.176. The molecule has 0 spiro atoms. The van der Waals surface area contributed by atoms with Gasteiger partial charge in [0.25, 0.3) is 0 Å². The van der Waals surface area contributed by atoms with Crippen LogP contribution in [0.1, 0.15) is 30.9 Å². The van der Waals surface area contributed by atoms with E-state index in [0.29, 0.717) is 17.4 Å². The predicted octanol–water partition coefficient (Wildman–Crippen LogP) is 3.72. The number of guanidine groups is 1. The Morgan fingerprint density at radius 2 is 1.96 bits per heavy atom. The Balaban J connectivity index is 1.79. The van der Waals surface area contributed by atoms with Crippen LogP contribution in [0.2, 0.25) is 0 Å². The summed E-state index contributed by atoms with van der Waals surface area (Å²) in [7, 11) is 0. The molecule has 1 aromatic carbocycles. The van der Waals surface area contributed by atoms with Crippen molar-refractivity contribution in [3.8, 4) is 0 Å². The average Bonchev–Trinajstić information content (AvgIpc) is 3.11. The first-order valence-corrected chi connectivity index (χ1v) is 9.87. The van der Waals surface area contributed by atoms with Gasteiger partial charge >= 0.3 is 6.18 Å². The summed E-state index contributed by atoms with van der Waals surface area (Å²) in [5.74, 6) is 2.02.